The molecular weight excluding hydrogens is 307 g/mol. The highest BCUT2D eigenvalue weighted by atomic mass is 79.9. The van der Waals surface area contributed by atoms with E-state index in [1.165, 1.54) is 25.3 Å². The molecule has 5 unspecified atom stereocenters. The SMILES string of the molecule is COc1ccc(C(Br)C2C3C4CCC(C4)C32)c(F)c1. The number of hydrogen-bond donors (Lipinski definition) is 0. The minimum Gasteiger partial charge on any atom is -0.497 e. The van der Waals surface area contributed by atoms with E-state index in [-0.39, 0.29) is 10.6 Å². The molecule has 0 heterocycles. The van der Waals surface area contributed by atoms with Crippen molar-refractivity contribution in [2.75, 3.05) is 7.11 Å². The van der Waals surface area contributed by atoms with Crippen molar-refractivity contribution < 1.29 is 9.13 Å². The van der Waals surface area contributed by atoms with Gasteiger partial charge in [0, 0.05) is 16.5 Å². The van der Waals surface area contributed by atoms with Crippen LogP contribution in [0.5, 0.6) is 5.75 Å². The lowest BCUT2D eigenvalue weighted by atomic mass is 9.97. The number of rotatable bonds is 3. The molecule has 0 aliphatic heterocycles. The molecule has 3 heteroatoms. The summed E-state index contributed by atoms with van der Waals surface area (Å²) in [6, 6.07) is 5.24. The summed E-state index contributed by atoms with van der Waals surface area (Å²) < 4.78 is 19.2. The smallest absolute Gasteiger partial charge is 0.131 e. The van der Waals surface area contributed by atoms with Gasteiger partial charge in [0.05, 0.1) is 7.11 Å². The number of benzene rings is 1. The third kappa shape index (κ3) is 1.70. The molecule has 3 saturated carbocycles. The summed E-state index contributed by atoms with van der Waals surface area (Å²) in [5.74, 6) is 4.71. The normalized spacial score (nSPS) is 40.1. The lowest BCUT2D eigenvalue weighted by molar-refractivity contribution is 0.409. The predicted molar refractivity (Wildman–Crippen MR) is 75.9 cm³/mol. The maximum absolute atomic E-state index is 14.2. The Morgan fingerprint density at radius 1 is 1.26 bits per heavy atom. The highest BCUT2D eigenvalue weighted by Gasteiger charge is 2.66. The fourth-order valence-electron chi connectivity index (χ4n) is 4.85. The van der Waals surface area contributed by atoms with Crippen LogP contribution in [0, 0.1) is 35.4 Å². The lowest BCUT2D eigenvalue weighted by Crippen LogP contribution is -2.05. The highest BCUT2D eigenvalue weighted by Crippen LogP contribution is 2.73. The molecule has 0 radical (unpaired) electrons. The third-order valence-electron chi connectivity index (χ3n) is 5.64. The standard InChI is InChI=1S/C16H18BrFO/c1-19-10-4-5-11(12(18)7-10)16(17)15-13-8-2-3-9(6-8)14(13)15/h4-5,7-9,13-16H,2-3,6H2,1H3. The average molecular weight is 325 g/mol. The van der Waals surface area contributed by atoms with Crippen LogP contribution in [0.4, 0.5) is 4.39 Å². The fraction of sp³-hybridized carbons (Fsp3) is 0.625. The molecule has 0 amide bonds. The summed E-state index contributed by atoms with van der Waals surface area (Å²) in [5.41, 5.74) is 0.805. The number of halogens is 2. The Morgan fingerprint density at radius 3 is 2.53 bits per heavy atom. The molecule has 3 fully saturated rings. The van der Waals surface area contributed by atoms with Crippen molar-refractivity contribution >= 4 is 15.9 Å². The van der Waals surface area contributed by atoms with E-state index in [4.69, 9.17) is 4.74 Å². The van der Waals surface area contributed by atoms with Crippen LogP contribution in [-0.4, -0.2) is 7.11 Å². The summed E-state index contributed by atoms with van der Waals surface area (Å²) in [7, 11) is 1.57. The van der Waals surface area contributed by atoms with Crippen LogP contribution in [-0.2, 0) is 0 Å². The van der Waals surface area contributed by atoms with E-state index in [1.54, 1.807) is 7.11 Å². The van der Waals surface area contributed by atoms with Crippen molar-refractivity contribution in [1.82, 2.24) is 0 Å². The number of alkyl halides is 1. The molecule has 0 N–H and O–H groups in total. The minimum atomic E-state index is -0.140. The van der Waals surface area contributed by atoms with Gasteiger partial charge in [0.25, 0.3) is 0 Å². The molecule has 2 bridgehead atoms. The Kier molecular flexibility index (Phi) is 2.70. The molecule has 19 heavy (non-hydrogen) atoms. The van der Waals surface area contributed by atoms with Crippen LogP contribution in [0.1, 0.15) is 29.7 Å². The highest BCUT2D eigenvalue weighted by molar-refractivity contribution is 9.09. The molecule has 3 aliphatic rings. The van der Waals surface area contributed by atoms with E-state index >= 15 is 0 Å². The Morgan fingerprint density at radius 2 is 1.95 bits per heavy atom. The summed E-state index contributed by atoms with van der Waals surface area (Å²) >= 11 is 3.77. The molecule has 5 atom stereocenters. The molecule has 4 rings (SSSR count). The van der Waals surface area contributed by atoms with Crippen LogP contribution in [0.15, 0.2) is 18.2 Å². The van der Waals surface area contributed by atoms with Crippen molar-refractivity contribution in [1.29, 1.82) is 0 Å². The second kappa shape index (κ2) is 4.21. The first-order valence-electron chi connectivity index (χ1n) is 7.18. The molecule has 1 nitrogen and oxygen atoms in total. The van der Waals surface area contributed by atoms with Gasteiger partial charge in [-0.25, -0.2) is 4.39 Å². The van der Waals surface area contributed by atoms with Gasteiger partial charge in [-0.3, -0.25) is 0 Å². The van der Waals surface area contributed by atoms with Gasteiger partial charge in [-0.05, 0) is 54.9 Å². The zero-order chi connectivity index (χ0) is 13.1. The average Bonchev–Trinajstić information content (AvgIpc) is 2.86. The number of hydrogen-bond acceptors (Lipinski definition) is 1. The van der Waals surface area contributed by atoms with Crippen molar-refractivity contribution in [3.8, 4) is 5.75 Å². The maximum atomic E-state index is 14.2. The van der Waals surface area contributed by atoms with Gasteiger partial charge in [0.1, 0.15) is 11.6 Å². The second-order valence-electron chi connectivity index (χ2n) is 6.35. The molecular formula is C16H18BrFO. The molecule has 0 spiro atoms. The Bertz CT molecular complexity index is 501. The Hall–Kier alpha value is -0.570. The molecule has 1 aromatic carbocycles. The van der Waals surface area contributed by atoms with Gasteiger partial charge < -0.3 is 4.74 Å². The van der Waals surface area contributed by atoms with Crippen LogP contribution in [0.3, 0.4) is 0 Å². The van der Waals surface area contributed by atoms with Crippen LogP contribution < -0.4 is 4.74 Å². The van der Waals surface area contributed by atoms with E-state index in [9.17, 15) is 4.39 Å². The molecule has 3 aliphatic carbocycles. The predicted octanol–water partition coefficient (Wildman–Crippen LogP) is 4.56. The van der Waals surface area contributed by atoms with Crippen LogP contribution >= 0.6 is 15.9 Å². The van der Waals surface area contributed by atoms with Crippen molar-refractivity contribution in [3.05, 3.63) is 29.6 Å². The first kappa shape index (κ1) is 12.2. The summed E-state index contributed by atoms with van der Waals surface area (Å²) in [6.07, 6.45) is 4.26. The van der Waals surface area contributed by atoms with Gasteiger partial charge in [0.2, 0.25) is 0 Å². The van der Waals surface area contributed by atoms with Gasteiger partial charge >= 0.3 is 0 Å². The molecule has 0 saturated heterocycles. The largest absolute Gasteiger partial charge is 0.497 e. The van der Waals surface area contributed by atoms with E-state index in [2.05, 4.69) is 15.9 Å². The number of ether oxygens (including phenoxy) is 1. The Labute approximate surface area is 121 Å². The first-order valence-corrected chi connectivity index (χ1v) is 8.09. The first-order chi connectivity index (χ1) is 9.20. The van der Waals surface area contributed by atoms with Crippen LogP contribution in [0.2, 0.25) is 0 Å². The zero-order valence-electron chi connectivity index (χ0n) is 11.0. The monoisotopic (exact) mass is 324 g/mol. The van der Waals surface area contributed by atoms with Gasteiger partial charge in [0.15, 0.2) is 0 Å². The van der Waals surface area contributed by atoms with Crippen LogP contribution in [0.25, 0.3) is 0 Å². The summed E-state index contributed by atoms with van der Waals surface area (Å²) in [5, 5.41) is 0. The molecule has 1 aromatic rings. The van der Waals surface area contributed by atoms with Crippen molar-refractivity contribution in [2.24, 2.45) is 29.6 Å². The number of methoxy groups -OCH3 is 1. The quantitative estimate of drug-likeness (QED) is 0.740. The summed E-state index contributed by atoms with van der Waals surface area (Å²) in [4.78, 5) is 0.178. The summed E-state index contributed by atoms with van der Waals surface area (Å²) in [6.45, 7) is 0. The fourth-order valence-corrected chi connectivity index (χ4v) is 5.93. The topological polar surface area (TPSA) is 9.23 Å². The minimum absolute atomic E-state index is 0.140. The van der Waals surface area contributed by atoms with E-state index < -0.39 is 0 Å². The lowest BCUT2D eigenvalue weighted by Gasteiger charge is -2.16. The van der Waals surface area contributed by atoms with Gasteiger partial charge in [-0.15, -0.1) is 0 Å². The number of fused-ring (bicyclic) bond motifs is 5. The third-order valence-corrected chi connectivity index (χ3v) is 6.74. The zero-order valence-corrected chi connectivity index (χ0v) is 12.6. The second-order valence-corrected chi connectivity index (χ2v) is 7.34. The van der Waals surface area contributed by atoms with Crippen molar-refractivity contribution in [3.63, 3.8) is 0 Å². The molecule has 102 valence electrons. The molecule has 0 aromatic heterocycles. The van der Waals surface area contributed by atoms with Gasteiger partial charge in [-0.2, -0.15) is 0 Å². The van der Waals surface area contributed by atoms with Crippen molar-refractivity contribution in [2.45, 2.75) is 24.1 Å². The maximum Gasteiger partial charge on any atom is 0.131 e. The van der Waals surface area contributed by atoms with Gasteiger partial charge in [-0.1, -0.05) is 22.0 Å². The van der Waals surface area contributed by atoms with E-state index in [0.717, 1.165) is 29.2 Å². The Balaban J connectivity index is 1.57. The van der Waals surface area contributed by atoms with E-state index in [0.29, 0.717) is 11.7 Å². The van der Waals surface area contributed by atoms with E-state index in [1.807, 2.05) is 12.1 Å².